The highest BCUT2D eigenvalue weighted by Gasteiger charge is 2.29. The summed E-state index contributed by atoms with van der Waals surface area (Å²) in [6.07, 6.45) is 8.21. The van der Waals surface area contributed by atoms with Crippen LogP contribution in [-0.2, 0) is 16.1 Å². The summed E-state index contributed by atoms with van der Waals surface area (Å²) in [5.41, 5.74) is 4.73. The molecule has 1 amide bonds. The van der Waals surface area contributed by atoms with Gasteiger partial charge in [0.2, 0.25) is 0 Å². The van der Waals surface area contributed by atoms with Gasteiger partial charge in [0.25, 0.3) is 5.91 Å². The Kier molecular flexibility index (Phi) is 2.84. The molecule has 0 aliphatic heterocycles. The van der Waals surface area contributed by atoms with E-state index in [2.05, 4.69) is 15.7 Å². The van der Waals surface area contributed by atoms with Crippen LogP contribution in [0.25, 0.3) is 0 Å². The SMILES string of the molecule is O=C(NOC1CCC1)C1CCCc2[nH]ncc21. The van der Waals surface area contributed by atoms with Crippen LogP contribution in [0.1, 0.15) is 49.3 Å². The maximum atomic E-state index is 12.0. The molecule has 3 rings (SSSR count). The van der Waals surface area contributed by atoms with Crippen LogP contribution < -0.4 is 5.48 Å². The summed E-state index contributed by atoms with van der Waals surface area (Å²) < 4.78 is 0. The summed E-state index contributed by atoms with van der Waals surface area (Å²) in [7, 11) is 0. The van der Waals surface area contributed by atoms with Gasteiger partial charge in [0.15, 0.2) is 0 Å². The van der Waals surface area contributed by atoms with Crippen molar-refractivity contribution in [2.24, 2.45) is 0 Å². The second kappa shape index (κ2) is 4.49. The Labute approximate surface area is 99.9 Å². The fourth-order valence-electron chi connectivity index (χ4n) is 2.43. The van der Waals surface area contributed by atoms with Gasteiger partial charge in [-0.15, -0.1) is 0 Å². The number of aromatic nitrogens is 2. The molecule has 1 fully saturated rings. The normalized spacial score (nSPS) is 23.9. The van der Waals surface area contributed by atoms with Gasteiger partial charge in [-0.05, 0) is 38.5 Å². The highest BCUT2D eigenvalue weighted by molar-refractivity contribution is 5.83. The van der Waals surface area contributed by atoms with Crippen molar-refractivity contribution < 1.29 is 9.63 Å². The van der Waals surface area contributed by atoms with E-state index in [0.717, 1.165) is 43.4 Å². The van der Waals surface area contributed by atoms with Crippen molar-refractivity contribution in [2.45, 2.75) is 50.5 Å². The molecule has 1 heterocycles. The quantitative estimate of drug-likeness (QED) is 0.779. The topological polar surface area (TPSA) is 67.0 Å². The average Bonchev–Trinajstić information content (AvgIpc) is 2.74. The number of aryl methyl sites for hydroxylation is 1. The first-order valence-corrected chi connectivity index (χ1v) is 6.32. The molecule has 0 aromatic carbocycles. The van der Waals surface area contributed by atoms with Gasteiger partial charge in [-0.3, -0.25) is 14.7 Å². The van der Waals surface area contributed by atoms with Gasteiger partial charge in [0, 0.05) is 11.3 Å². The summed E-state index contributed by atoms with van der Waals surface area (Å²) in [6, 6.07) is 0. The third kappa shape index (κ3) is 2.07. The molecule has 1 atom stereocenters. The fourth-order valence-corrected chi connectivity index (χ4v) is 2.43. The number of nitrogens with one attached hydrogen (secondary N) is 2. The van der Waals surface area contributed by atoms with Crippen molar-refractivity contribution >= 4 is 5.91 Å². The zero-order chi connectivity index (χ0) is 11.7. The number of aromatic amines is 1. The minimum Gasteiger partial charge on any atom is -0.282 e. The number of hydrogen-bond donors (Lipinski definition) is 2. The molecule has 1 saturated carbocycles. The molecule has 0 saturated heterocycles. The number of carbonyl (C=O) groups excluding carboxylic acids is 1. The molecular weight excluding hydrogens is 218 g/mol. The van der Waals surface area contributed by atoms with Crippen LogP contribution in [0.4, 0.5) is 0 Å². The summed E-state index contributed by atoms with van der Waals surface area (Å²) in [4.78, 5) is 17.4. The first kappa shape index (κ1) is 10.8. The predicted octanol–water partition coefficient (Wildman–Crippen LogP) is 1.43. The van der Waals surface area contributed by atoms with E-state index in [1.807, 2.05) is 0 Å². The summed E-state index contributed by atoms with van der Waals surface area (Å²) in [6.45, 7) is 0. The lowest BCUT2D eigenvalue weighted by Crippen LogP contribution is -2.36. The minimum atomic E-state index is -0.0995. The molecule has 1 aromatic heterocycles. The standard InChI is InChI=1S/C12H17N3O2/c16-12(15-17-8-3-1-4-8)9-5-2-6-11-10(9)7-13-14-11/h7-9H,1-6H2,(H,13,14)(H,15,16). The molecule has 2 aliphatic carbocycles. The third-order valence-corrected chi connectivity index (χ3v) is 3.74. The number of carbonyl (C=O) groups is 1. The van der Waals surface area contributed by atoms with Gasteiger partial charge in [0.1, 0.15) is 0 Å². The molecule has 17 heavy (non-hydrogen) atoms. The Morgan fingerprint density at radius 1 is 1.41 bits per heavy atom. The maximum Gasteiger partial charge on any atom is 0.251 e. The van der Waals surface area contributed by atoms with Gasteiger partial charge < -0.3 is 0 Å². The van der Waals surface area contributed by atoms with Gasteiger partial charge >= 0.3 is 0 Å². The number of nitrogens with zero attached hydrogens (tertiary/aromatic N) is 1. The Balaban J connectivity index is 1.62. The smallest absolute Gasteiger partial charge is 0.251 e. The van der Waals surface area contributed by atoms with E-state index in [1.165, 1.54) is 6.42 Å². The van der Waals surface area contributed by atoms with Crippen molar-refractivity contribution in [3.63, 3.8) is 0 Å². The average molecular weight is 235 g/mol. The fraction of sp³-hybridized carbons (Fsp3) is 0.667. The van der Waals surface area contributed by atoms with Crippen LogP contribution in [-0.4, -0.2) is 22.2 Å². The van der Waals surface area contributed by atoms with Crippen LogP contribution in [0.15, 0.2) is 6.20 Å². The molecular formula is C12H17N3O2. The predicted molar refractivity (Wildman–Crippen MR) is 61.1 cm³/mol. The van der Waals surface area contributed by atoms with Crippen LogP contribution in [0, 0.1) is 0 Å². The van der Waals surface area contributed by atoms with Gasteiger partial charge in [-0.2, -0.15) is 5.10 Å². The number of fused-ring (bicyclic) bond motifs is 1. The van der Waals surface area contributed by atoms with E-state index in [9.17, 15) is 4.79 Å². The van der Waals surface area contributed by atoms with Crippen molar-refractivity contribution in [3.8, 4) is 0 Å². The molecule has 0 spiro atoms. The highest BCUT2D eigenvalue weighted by Crippen LogP contribution is 2.30. The number of amides is 1. The van der Waals surface area contributed by atoms with E-state index >= 15 is 0 Å². The Hall–Kier alpha value is -1.36. The van der Waals surface area contributed by atoms with Crippen LogP contribution in [0.5, 0.6) is 0 Å². The second-order valence-corrected chi connectivity index (χ2v) is 4.89. The molecule has 2 aliphatic rings. The highest BCUT2D eigenvalue weighted by atomic mass is 16.7. The van der Waals surface area contributed by atoms with E-state index < -0.39 is 0 Å². The largest absolute Gasteiger partial charge is 0.282 e. The monoisotopic (exact) mass is 235 g/mol. The molecule has 1 aromatic rings. The lowest BCUT2D eigenvalue weighted by atomic mass is 9.87. The summed E-state index contributed by atoms with van der Waals surface area (Å²) in [5, 5.41) is 6.97. The Morgan fingerprint density at radius 2 is 2.29 bits per heavy atom. The molecule has 5 heteroatoms. The van der Waals surface area contributed by atoms with Gasteiger partial charge in [0.05, 0.1) is 18.2 Å². The summed E-state index contributed by atoms with van der Waals surface area (Å²) >= 11 is 0. The molecule has 5 nitrogen and oxygen atoms in total. The van der Waals surface area contributed by atoms with E-state index in [0.29, 0.717) is 0 Å². The van der Waals surface area contributed by atoms with Gasteiger partial charge in [-0.1, -0.05) is 0 Å². The van der Waals surface area contributed by atoms with Crippen molar-refractivity contribution in [1.29, 1.82) is 0 Å². The second-order valence-electron chi connectivity index (χ2n) is 4.89. The lowest BCUT2D eigenvalue weighted by Gasteiger charge is -2.27. The van der Waals surface area contributed by atoms with Crippen molar-refractivity contribution in [2.75, 3.05) is 0 Å². The number of rotatable bonds is 3. The zero-order valence-electron chi connectivity index (χ0n) is 9.74. The third-order valence-electron chi connectivity index (χ3n) is 3.74. The van der Waals surface area contributed by atoms with E-state index in [4.69, 9.17) is 4.84 Å². The minimum absolute atomic E-state index is 0.0285. The van der Waals surface area contributed by atoms with Crippen LogP contribution in [0.2, 0.25) is 0 Å². The van der Waals surface area contributed by atoms with Crippen LogP contribution >= 0.6 is 0 Å². The first-order valence-electron chi connectivity index (χ1n) is 6.32. The zero-order valence-corrected chi connectivity index (χ0v) is 9.74. The number of hydrogen-bond acceptors (Lipinski definition) is 3. The van der Waals surface area contributed by atoms with Crippen LogP contribution in [0.3, 0.4) is 0 Å². The lowest BCUT2D eigenvalue weighted by molar-refractivity contribution is -0.144. The molecule has 92 valence electrons. The molecule has 0 bridgehead atoms. The molecule has 2 N–H and O–H groups in total. The van der Waals surface area contributed by atoms with E-state index in [-0.39, 0.29) is 17.9 Å². The molecule has 0 radical (unpaired) electrons. The number of H-pyrrole nitrogens is 1. The van der Waals surface area contributed by atoms with E-state index in [1.54, 1.807) is 6.20 Å². The van der Waals surface area contributed by atoms with Crippen molar-refractivity contribution in [1.82, 2.24) is 15.7 Å². The first-order chi connectivity index (χ1) is 8.34. The molecule has 1 unspecified atom stereocenters. The Bertz CT molecular complexity index is 412. The number of hydroxylamine groups is 1. The van der Waals surface area contributed by atoms with Gasteiger partial charge in [-0.25, -0.2) is 5.48 Å². The summed E-state index contributed by atoms with van der Waals surface area (Å²) in [5.74, 6) is -0.128. The Morgan fingerprint density at radius 3 is 3.06 bits per heavy atom. The maximum absolute atomic E-state index is 12.0. The van der Waals surface area contributed by atoms with Crippen molar-refractivity contribution in [3.05, 3.63) is 17.5 Å².